The molecule has 1 rings (SSSR count). The molecule has 0 aromatic carbocycles. The van der Waals surface area contributed by atoms with Gasteiger partial charge in [0.05, 0.1) is 0 Å². The fourth-order valence-corrected chi connectivity index (χ4v) is 1.65. The third kappa shape index (κ3) is 7.91. The van der Waals surface area contributed by atoms with Crippen LogP contribution in [0.25, 0.3) is 0 Å². The molecule has 19 heavy (non-hydrogen) atoms. The van der Waals surface area contributed by atoms with Gasteiger partial charge in [-0.3, -0.25) is 9.59 Å². The van der Waals surface area contributed by atoms with Crippen molar-refractivity contribution in [2.24, 2.45) is 0 Å². The van der Waals surface area contributed by atoms with Crippen LogP contribution in [0.3, 0.4) is 0 Å². The number of aromatic nitrogens is 1. The highest BCUT2D eigenvalue weighted by Gasteiger charge is 2.05. The Kier molecular flexibility index (Phi) is 7.24. The van der Waals surface area contributed by atoms with Gasteiger partial charge < -0.3 is 9.84 Å². The molecule has 5 nitrogen and oxygen atoms in total. The summed E-state index contributed by atoms with van der Waals surface area (Å²) < 4.78 is 5.05. The van der Waals surface area contributed by atoms with E-state index in [4.69, 9.17) is 9.84 Å². The van der Waals surface area contributed by atoms with Crippen LogP contribution in [0.2, 0.25) is 0 Å². The van der Waals surface area contributed by atoms with Gasteiger partial charge in [-0.15, -0.1) is 0 Å². The molecule has 0 aliphatic rings. The fraction of sp³-hybridized carbons (Fsp3) is 0.500. The number of esters is 1. The van der Waals surface area contributed by atoms with Crippen LogP contribution in [-0.2, 0) is 9.59 Å². The first-order valence-corrected chi connectivity index (χ1v) is 6.52. The van der Waals surface area contributed by atoms with Gasteiger partial charge in [-0.2, -0.15) is 0 Å². The Morgan fingerprint density at radius 3 is 2.37 bits per heavy atom. The van der Waals surface area contributed by atoms with Crippen molar-refractivity contribution < 1.29 is 19.4 Å². The van der Waals surface area contributed by atoms with E-state index < -0.39 is 5.97 Å². The predicted octanol–water partition coefficient (Wildman–Crippen LogP) is 2.80. The van der Waals surface area contributed by atoms with E-state index in [9.17, 15) is 9.59 Å². The molecule has 5 heteroatoms. The summed E-state index contributed by atoms with van der Waals surface area (Å²) in [6.07, 6.45) is 6.39. The molecular weight excluding hydrogens is 246 g/mol. The Bertz CT molecular complexity index is 392. The molecule has 0 unspecified atom stereocenters. The second kappa shape index (κ2) is 9.08. The van der Waals surface area contributed by atoms with Crippen molar-refractivity contribution in [1.29, 1.82) is 0 Å². The topological polar surface area (TPSA) is 76.5 Å². The van der Waals surface area contributed by atoms with Crippen molar-refractivity contribution >= 4 is 11.9 Å². The first-order valence-electron chi connectivity index (χ1n) is 6.52. The Morgan fingerprint density at radius 2 is 1.74 bits per heavy atom. The quantitative estimate of drug-likeness (QED) is 0.548. The number of pyridine rings is 1. The Hall–Kier alpha value is -1.91. The Balaban J connectivity index is 2.00. The number of carboxylic acids is 1. The van der Waals surface area contributed by atoms with Crippen LogP contribution in [-0.4, -0.2) is 22.0 Å². The van der Waals surface area contributed by atoms with Gasteiger partial charge in [0.15, 0.2) is 0 Å². The molecular formula is C14H19NO4. The maximum Gasteiger partial charge on any atom is 0.312 e. The average Bonchev–Trinajstić information content (AvgIpc) is 2.38. The van der Waals surface area contributed by atoms with E-state index in [0.29, 0.717) is 18.7 Å². The van der Waals surface area contributed by atoms with Gasteiger partial charge in [0, 0.05) is 25.1 Å². The monoisotopic (exact) mass is 265 g/mol. The lowest BCUT2D eigenvalue weighted by Crippen LogP contribution is -2.08. The van der Waals surface area contributed by atoms with Gasteiger partial charge in [0.1, 0.15) is 0 Å². The molecule has 0 fully saturated rings. The highest BCUT2D eigenvalue weighted by molar-refractivity contribution is 5.71. The van der Waals surface area contributed by atoms with Gasteiger partial charge in [0.2, 0.25) is 5.88 Å². The maximum atomic E-state index is 11.5. The van der Waals surface area contributed by atoms with Crippen LogP contribution in [0.4, 0.5) is 0 Å². The fourth-order valence-electron chi connectivity index (χ4n) is 1.65. The number of hydrogen-bond acceptors (Lipinski definition) is 4. The molecule has 1 aromatic heterocycles. The predicted molar refractivity (Wildman–Crippen MR) is 69.8 cm³/mol. The van der Waals surface area contributed by atoms with Gasteiger partial charge in [-0.25, -0.2) is 4.98 Å². The molecule has 0 saturated heterocycles. The van der Waals surface area contributed by atoms with E-state index in [2.05, 4.69) is 4.98 Å². The minimum absolute atomic E-state index is 0.224. The summed E-state index contributed by atoms with van der Waals surface area (Å²) in [5, 5.41) is 8.46. The first kappa shape index (κ1) is 15.1. The molecule has 0 aliphatic heterocycles. The van der Waals surface area contributed by atoms with E-state index in [-0.39, 0.29) is 12.4 Å². The molecule has 1 N–H and O–H groups in total. The van der Waals surface area contributed by atoms with Gasteiger partial charge in [-0.1, -0.05) is 25.3 Å². The summed E-state index contributed by atoms with van der Waals surface area (Å²) >= 11 is 0. The zero-order valence-electron chi connectivity index (χ0n) is 10.9. The average molecular weight is 265 g/mol. The third-order valence-electron chi connectivity index (χ3n) is 2.63. The molecule has 0 saturated carbocycles. The maximum absolute atomic E-state index is 11.5. The summed E-state index contributed by atoms with van der Waals surface area (Å²) in [6.45, 7) is 0. The van der Waals surface area contributed by atoms with Crippen molar-refractivity contribution in [3.8, 4) is 5.88 Å². The Morgan fingerprint density at radius 1 is 1.05 bits per heavy atom. The summed E-state index contributed by atoms with van der Waals surface area (Å²) in [6, 6.07) is 5.16. The number of unbranched alkanes of at least 4 members (excludes halogenated alkanes) is 4. The summed E-state index contributed by atoms with van der Waals surface area (Å²) in [4.78, 5) is 25.6. The van der Waals surface area contributed by atoms with Crippen LogP contribution in [0.5, 0.6) is 5.88 Å². The summed E-state index contributed by atoms with van der Waals surface area (Å²) in [7, 11) is 0. The van der Waals surface area contributed by atoms with E-state index >= 15 is 0 Å². The van der Waals surface area contributed by atoms with Crippen LogP contribution in [0, 0.1) is 0 Å². The zero-order chi connectivity index (χ0) is 13.9. The SMILES string of the molecule is O=C(O)CCCCCCCC(=O)Oc1ccccn1. The molecule has 0 radical (unpaired) electrons. The molecule has 0 amide bonds. The van der Waals surface area contributed by atoms with Gasteiger partial charge in [0.25, 0.3) is 0 Å². The van der Waals surface area contributed by atoms with E-state index in [1.54, 1.807) is 24.4 Å². The number of ether oxygens (including phenoxy) is 1. The van der Waals surface area contributed by atoms with Crippen molar-refractivity contribution in [1.82, 2.24) is 4.98 Å². The second-order valence-corrected chi connectivity index (χ2v) is 4.30. The van der Waals surface area contributed by atoms with Crippen molar-refractivity contribution in [2.75, 3.05) is 0 Å². The highest BCUT2D eigenvalue weighted by atomic mass is 16.5. The molecule has 1 aromatic rings. The number of nitrogens with zero attached hydrogens (tertiary/aromatic N) is 1. The minimum Gasteiger partial charge on any atom is -0.481 e. The van der Waals surface area contributed by atoms with Gasteiger partial charge in [-0.05, 0) is 18.9 Å². The molecule has 0 spiro atoms. The van der Waals surface area contributed by atoms with Crippen LogP contribution < -0.4 is 4.74 Å². The Labute approximate surface area is 112 Å². The molecule has 104 valence electrons. The third-order valence-corrected chi connectivity index (χ3v) is 2.63. The largest absolute Gasteiger partial charge is 0.481 e. The number of aliphatic carboxylic acids is 1. The first-order chi connectivity index (χ1) is 9.18. The minimum atomic E-state index is -0.751. The standard InChI is InChI=1S/C14H19NO4/c16-13(17)9-4-2-1-3-5-10-14(18)19-12-8-6-7-11-15-12/h6-8,11H,1-5,9-10H2,(H,16,17). The molecule has 0 atom stereocenters. The number of carboxylic acid groups (broad SMARTS) is 1. The highest BCUT2D eigenvalue weighted by Crippen LogP contribution is 2.09. The lowest BCUT2D eigenvalue weighted by Gasteiger charge is -2.03. The van der Waals surface area contributed by atoms with Gasteiger partial charge >= 0.3 is 11.9 Å². The van der Waals surface area contributed by atoms with Crippen molar-refractivity contribution in [3.05, 3.63) is 24.4 Å². The van der Waals surface area contributed by atoms with Crippen LogP contribution in [0.15, 0.2) is 24.4 Å². The number of rotatable bonds is 9. The summed E-state index contributed by atoms with van der Waals surface area (Å²) in [5.41, 5.74) is 0. The van der Waals surface area contributed by atoms with Crippen molar-refractivity contribution in [2.45, 2.75) is 44.9 Å². The molecule has 0 aliphatic carbocycles. The number of carbonyl (C=O) groups excluding carboxylic acids is 1. The van der Waals surface area contributed by atoms with E-state index in [1.165, 1.54) is 0 Å². The lowest BCUT2D eigenvalue weighted by atomic mass is 10.1. The van der Waals surface area contributed by atoms with Crippen LogP contribution >= 0.6 is 0 Å². The van der Waals surface area contributed by atoms with Crippen molar-refractivity contribution in [3.63, 3.8) is 0 Å². The lowest BCUT2D eigenvalue weighted by molar-refractivity contribution is -0.137. The number of hydrogen-bond donors (Lipinski definition) is 1. The van der Waals surface area contributed by atoms with E-state index in [0.717, 1.165) is 25.7 Å². The van der Waals surface area contributed by atoms with Crippen LogP contribution in [0.1, 0.15) is 44.9 Å². The molecule has 0 bridgehead atoms. The zero-order valence-corrected chi connectivity index (χ0v) is 10.9. The second-order valence-electron chi connectivity index (χ2n) is 4.30. The normalized spacial score (nSPS) is 10.1. The smallest absolute Gasteiger partial charge is 0.312 e. The summed E-state index contributed by atoms with van der Waals surface area (Å²) in [5.74, 6) is -0.697. The number of carbonyl (C=O) groups is 2. The molecule has 1 heterocycles. The van der Waals surface area contributed by atoms with E-state index in [1.807, 2.05) is 0 Å².